The van der Waals surface area contributed by atoms with Gasteiger partial charge >= 0.3 is 5.97 Å². The van der Waals surface area contributed by atoms with Crippen LogP contribution in [-0.4, -0.2) is 28.5 Å². The van der Waals surface area contributed by atoms with E-state index in [1.165, 1.54) is 12.4 Å². The highest BCUT2D eigenvalue weighted by Gasteiger charge is 2.18. The average molecular weight is 328 g/mol. The van der Waals surface area contributed by atoms with Crippen molar-refractivity contribution >= 4 is 17.7 Å². The van der Waals surface area contributed by atoms with E-state index in [9.17, 15) is 9.59 Å². The molecule has 0 fully saturated rings. The van der Waals surface area contributed by atoms with Gasteiger partial charge in [0.25, 0.3) is 5.91 Å². The van der Waals surface area contributed by atoms with Gasteiger partial charge in [0.2, 0.25) is 0 Å². The lowest BCUT2D eigenvalue weighted by atomic mass is 10.0. The van der Waals surface area contributed by atoms with Crippen LogP contribution in [0.15, 0.2) is 42.7 Å². The molecule has 0 saturated heterocycles. The number of nitrogens with zero attached hydrogens (tertiary/aromatic N) is 2. The number of nitrogens with two attached hydrogens (primary N) is 1. The third-order valence-corrected chi connectivity index (χ3v) is 3.37. The number of ether oxygens (including phenoxy) is 1. The zero-order chi connectivity index (χ0) is 17.4. The molecule has 0 aliphatic rings. The molecule has 2 rings (SSSR count). The topological polar surface area (TPSA) is 107 Å². The average Bonchev–Trinajstić information content (AvgIpc) is 2.60. The second kappa shape index (κ2) is 8.61. The lowest BCUT2D eigenvalue weighted by Crippen LogP contribution is -2.32. The molecule has 1 aromatic carbocycles. The largest absolute Gasteiger partial charge is 0.451 e. The number of carbonyl (C=O) groups excluding carboxylic acids is 2. The fraction of sp³-hybridized carbons (Fsp3) is 0.294. The van der Waals surface area contributed by atoms with Crippen LogP contribution in [-0.2, 0) is 9.53 Å². The van der Waals surface area contributed by atoms with Crippen molar-refractivity contribution < 1.29 is 14.3 Å². The molecule has 1 amide bonds. The predicted molar refractivity (Wildman–Crippen MR) is 89.0 cm³/mol. The van der Waals surface area contributed by atoms with Crippen molar-refractivity contribution in [2.45, 2.75) is 25.8 Å². The molecule has 7 nitrogen and oxygen atoms in total. The third-order valence-electron chi connectivity index (χ3n) is 3.37. The molecule has 24 heavy (non-hydrogen) atoms. The number of hydrogen-bond acceptors (Lipinski definition) is 6. The molecule has 0 aliphatic heterocycles. The molecule has 0 bridgehead atoms. The number of nitrogens with one attached hydrogen (secondary N) is 1. The summed E-state index contributed by atoms with van der Waals surface area (Å²) in [5.41, 5.74) is 6.46. The van der Waals surface area contributed by atoms with E-state index in [1.807, 2.05) is 37.3 Å². The van der Waals surface area contributed by atoms with E-state index in [4.69, 9.17) is 10.5 Å². The standard InChI is InChI=1S/C17H20N4O3/c1-2-6-13(12-7-4-3-5-8-12)21-14(22)11-24-17(23)15-16(18)20-10-9-19-15/h3-5,7-10,13H,2,6,11H2,1H3,(H2,18,20)(H,21,22)/t13-/m1/s1. The summed E-state index contributed by atoms with van der Waals surface area (Å²) >= 11 is 0. The van der Waals surface area contributed by atoms with E-state index in [0.717, 1.165) is 18.4 Å². The van der Waals surface area contributed by atoms with Crippen LogP contribution in [0.4, 0.5) is 5.82 Å². The Morgan fingerprint density at radius 2 is 1.92 bits per heavy atom. The Kier molecular flexibility index (Phi) is 6.24. The van der Waals surface area contributed by atoms with E-state index in [-0.39, 0.29) is 23.5 Å². The number of esters is 1. The maximum atomic E-state index is 12.1. The van der Waals surface area contributed by atoms with Crippen LogP contribution in [0.2, 0.25) is 0 Å². The fourth-order valence-corrected chi connectivity index (χ4v) is 2.24. The van der Waals surface area contributed by atoms with Gasteiger partial charge in [-0.2, -0.15) is 0 Å². The Labute approximate surface area is 140 Å². The Bertz CT molecular complexity index is 691. The van der Waals surface area contributed by atoms with Gasteiger partial charge in [-0.1, -0.05) is 43.7 Å². The molecule has 0 radical (unpaired) electrons. The summed E-state index contributed by atoms with van der Waals surface area (Å²) in [5.74, 6) is -1.19. The van der Waals surface area contributed by atoms with Gasteiger partial charge < -0.3 is 15.8 Å². The van der Waals surface area contributed by atoms with Crippen LogP contribution in [0, 0.1) is 0 Å². The lowest BCUT2D eigenvalue weighted by Gasteiger charge is -2.18. The van der Waals surface area contributed by atoms with Gasteiger partial charge in [-0.15, -0.1) is 0 Å². The summed E-state index contributed by atoms with van der Waals surface area (Å²) < 4.78 is 4.95. The second-order valence-corrected chi connectivity index (χ2v) is 5.19. The van der Waals surface area contributed by atoms with Gasteiger partial charge in [-0.25, -0.2) is 14.8 Å². The molecule has 126 valence electrons. The lowest BCUT2D eigenvalue weighted by molar-refractivity contribution is -0.125. The van der Waals surface area contributed by atoms with Crippen molar-refractivity contribution in [2.24, 2.45) is 0 Å². The number of carbonyl (C=O) groups is 2. The van der Waals surface area contributed by atoms with Gasteiger partial charge in [-0.05, 0) is 12.0 Å². The summed E-state index contributed by atoms with van der Waals surface area (Å²) in [4.78, 5) is 31.5. The fourth-order valence-electron chi connectivity index (χ4n) is 2.24. The number of amides is 1. The van der Waals surface area contributed by atoms with Crippen LogP contribution in [0.1, 0.15) is 41.9 Å². The summed E-state index contributed by atoms with van der Waals surface area (Å²) in [6, 6.07) is 9.53. The van der Waals surface area contributed by atoms with E-state index in [1.54, 1.807) is 0 Å². The number of nitrogen functional groups attached to an aromatic ring is 1. The van der Waals surface area contributed by atoms with Crippen LogP contribution in [0.3, 0.4) is 0 Å². The monoisotopic (exact) mass is 328 g/mol. The molecule has 0 spiro atoms. The van der Waals surface area contributed by atoms with Gasteiger partial charge in [0.05, 0.1) is 6.04 Å². The van der Waals surface area contributed by atoms with Gasteiger partial charge in [0, 0.05) is 12.4 Å². The number of aromatic nitrogens is 2. The maximum Gasteiger partial charge on any atom is 0.361 e. The summed E-state index contributed by atoms with van der Waals surface area (Å²) in [5, 5.41) is 2.87. The normalized spacial score (nSPS) is 11.5. The van der Waals surface area contributed by atoms with E-state index in [2.05, 4.69) is 15.3 Å². The second-order valence-electron chi connectivity index (χ2n) is 5.19. The first-order valence-electron chi connectivity index (χ1n) is 7.69. The van der Waals surface area contributed by atoms with E-state index < -0.39 is 12.6 Å². The van der Waals surface area contributed by atoms with E-state index in [0.29, 0.717) is 0 Å². The zero-order valence-electron chi connectivity index (χ0n) is 13.4. The Morgan fingerprint density at radius 3 is 2.58 bits per heavy atom. The van der Waals surface area contributed by atoms with Crippen LogP contribution < -0.4 is 11.1 Å². The van der Waals surface area contributed by atoms with Crippen molar-refractivity contribution in [2.75, 3.05) is 12.3 Å². The number of benzene rings is 1. The predicted octanol–water partition coefficient (Wildman–Crippen LogP) is 1.87. The Balaban J connectivity index is 1.92. The molecule has 7 heteroatoms. The molecule has 3 N–H and O–H groups in total. The third kappa shape index (κ3) is 4.77. The van der Waals surface area contributed by atoms with Gasteiger partial charge in [-0.3, -0.25) is 4.79 Å². The summed E-state index contributed by atoms with van der Waals surface area (Å²) in [6.07, 6.45) is 4.41. The maximum absolute atomic E-state index is 12.1. The van der Waals surface area contributed by atoms with Crippen molar-refractivity contribution in [1.29, 1.82) is 0 Å². The highest BCUT2D eigenvalue weighted by atomic mass is 16.5. The van der Waals surface area contributed by atoms with Crippen molar-refractivity contribution in [3.63, 3.8) is 0 Å². The van der Waals surface area contributed by atoms with Crippen LogP contribution >= 0.6 is 0 Å². The Morgan fingerprint density at radius 1 is 1.21 bits per heavy atom. The molecule has 1 heterocycles. The number of hydrogen-bond donors (Lipinski definition) is 2. The SMILES string of the molecule is CCC[C@@H](NC(=O)COC(=O)c1nccnc1N)c1ccccc1. The minimum absolute atomic E-state index is 0.0314. The van der Waals surface area contributed by atoms with Gasteiger partial charge in [0.1, 0.15) is 0 Å². The molecule has 0 aliphatic carbocycles. The molecule has 2 aromatic rings. The number of rotatable bonds is 7. The van der Waals surface area contributed by atoms with Crippen LogP contribution in [0.25, 0.3) is 0 Å². The van der Waals surface area contributed by atoms with Crippen molar-refractivity contribution in [1.82, 2.24) is 15.3 Å². The number of anilines is 1. The van der Waals surface area contributed by atoms with E-state index >= 15 is 0 Å². The molecule has 1 aromatic heterocycles. The highest BCUT2D eigenvalue weighted by Crippen LogP contribution is 2.17. The van der Waals surface area contributed by atoms with Crippen molar-refractivity contribution in [3.05, 3.63) is 54.0 Å². The summed E-state index contributed by atoms with van der Waals surface area (Å²) in [6.45, 7) is 1.64. The molecular weight excluding hydrogens is 308 g/mol. The quantitative estimate of drug-likeness (QED) is 0.751. The summed E-state index contributed by atoms with van der Waals surface area (Å²) in [7, 11) is 0. The molecule has 0 saturated carbocycles. The highest BCUT2D eigenvalue weighted by molar-refractivity contribution is 5.93. The minimum atomic E-state index is -0.775. The van der Waals surface area contributed by atoms with Crippen molar-refractivity contribution in [3.8, 4) is 0 Å². The smallest absolute Gasteiger partial charge is 0.361 e. The van der Waals surface area contributed by atoms with Gasteiger partial charge in [0.15, 0.2) is 18.1 Å². The first kappa shape index (κ1) is 17.4. The van der Waals surface area contributed by atoms with Crippen LogP contribution in [0.5, 0.6) is 0 Å². The first-order valence-corrected chi connectivity index (χ1v) is 7.69. The molecular formula is C17H20N4O3. The minimum Gasteiger partial charge on any atom is -0.451 e. The zero-order valence-corrected chi connectivity index (χ0v) is 13.4. The Hall–Kier alpha value is -2.96. The molecule has 1 atom stereocenters. The molecule has 0 unspecified atom stereocenters. The first-order chi connectivity index (χ1) is 11.6.